The number of nitrogens with zero attached hydrogens (tertiary/aromatic N) is 8. The molecule has 20 nitrogen and oxygen atoms in total. The molecule has 8 rings (SSSR count). The Bertz CT molecular complexity index is 3370. The van der Waals surface area contributed by atoms with Gasteiger partial charge in [0.25, 0.3) is 11.8 Å². The van der Waals surface area contributed by atoms with Gasteiger partial charge in [-0.1, -0.05) is 0 Å². The van der Waals surface area contributed by atoms with Gasteiger partial charge in [-0.25, -0.2) is 38.7 Å². The van der Waals surface area contributed by atoms with Crippen molar-refractivity contribution in [2.24, 2.45) is 0 Å². The van der Waals surface area contributed by atoms with Crippen molar-refractivity contribution in [2.75, 3.05) is 68.3 Å². The summed E-state index contributed by atoms with van der Waals surface area (Å²) in [5.74, 6) is 4.12. The van der Waals surface area contributed by atoms with Crippen LogP contribution in [0.15, 0.2) is 85.7 Å². The third-order valence-corrected chi connectivity index (χ3v) is 11.4. The van der Waals surface area contributed by atoms with Crippen molar-refractivity contribution in [2.45, 2.75) is 67.6 Å². The summed E-state index contributed by atoms with van der Waals surface area (Å²) in [7, 11) is 12.1. The van der Waals surface area contributed by atoms with Crippen LogP contribution in [0, 0.1) is 39.3 Å². The summed E-state index contributed by atoms with van der Waals surface area (Å²) in [6, 6.07) is 13.7. The third kappa shape index (κ3) is 15.9. The second kappa shape index (κ2) is 28.9. The van der Waals surface area contributed by atoms with Gasteiger partial charge in [0.05, 0.1) is 129 Å². The van der Waals surface area contributed by atoms with Gasteiger partial charge in [-0.05, 0) is 126 Å². The number of halogens is 2. The molecule has 0 atom stereocenters. The van der Waals surface area contributed by atoms with Gasteiger partial charge in [-0.3, -0.25) is 9.97 Å². The fourth-order valence-corrected chi connectivity index (χ4v) is 7.54. The number of ether oxygens (including phenoxy) is 10. The van der Waals surface area contributed by atoms with Crippen LogP contribution in [0.4, 0.5) is 20.4 Å². The molecule has 424 valence electrons. The van der Waals surface area contributed by atoms with Gasteiger partial charge in [0.2, 0.25) is 11.8 Å². The first-order valence-corrected chi connectivity index (χ1v) is 24.7. The highest BCUT2D eigenvalue weighted by Gasteiger charge is 2.18. The van der Waals surface area contributed by atoms with Crippen molar-refractivity contribution >= 4 is 11.6 Å². The van der Waals surface area contributed by atoms with E-state index in [0.717, 1.165) is 39.1 Å². The Labute approximate surface area is 464 Å². The van der Waals surface area contributed by atoms with E-state index >= 15 is 0 Å². The Balaban J connectivity index is 0.000000197. The van der Waals surface area contributed by atoms with Gasteiger partial charge in [-0.15, -0.1) is 0 Å². The van der Waals surface area contributed by atoms with E-state index in [1.807, 2.05) is 79.7 Å². The largest absolute Gasteiger partial charge is 0.494 e. The molecule has 22 heteroatoms. The van der Waals surface area contributed by atoms with Crippen LogP contribution in [-0.4, -0.2) is 109 Å². The van der Waals surface area contributed by atoms with Crippen LogP contribution >= 0.6 is 0 Å². The van der Waals surface area contributed by atoms with E-state index in [-0.39, 0.29) is 41.2 Å². The van der Waals surface area contributed by atoms with E-state index in [0.29, 0.717) is 68.8 Å². The van der Waals surface area contributed by atoms with E-state index in [4.69, 9.17) is 58.8 Å². The number of rotatable bonds is 16. The lowest BCUT2D eigenvalue weighted by Crippen LogP contribution is -2.07. The molecule has 0 saturated carbocycles. The number of anilines is 2. The molecule has 0 spiro atoms. The minimum absolute atomic E-state index is 0.0384. The minimum atomic E-state index is -0.458. The first-order valence-electron chi connectivity index (χ1n) is 24.7. The van der Waals surface area contributed by atoms with E-state index in [1.165, 1.54) is 60.1 Å². The number of hydrogen-bond donors (Lipinski definition) is 2. The number of aryl methyl sites for hydroxylation is 4. The van der Waals surface area contributed by atoms with E-state index in [2.05, 4.69) is 39.9 Å². The molecular weight excluding hydrogens is 1030 g/mol. The highest BCUT2D eigenvalue weighted by Crippen LogP contribution is 2.38. The molecule has 0 aliphatic heterocycles. The zero-order valence-corrected chi connectivity index (χ0v) is 47.8. The lowest BCUT2D eigenvalue weighted by atomic mass is 10.0. The summed E-state index contributed by atoms with van der Waals surface area (Å²) in [4.78, 5) is 33.5. The molecule has 0 radical (unpaired) electrons. The second-order valence-corrected chi connectivity index (χ2v) is 17.8. The van der Waals surface area contributed by atoms with Crippen LogP contribution < -0.4 is 58.8 Å². The van der Waals surface area contributed by atoms with Crippen LogP contribution in [0.3, 0.4) is 0 Å². The predicted molar refractivity (Wildman–Crippen MR) is 302 cm³/mol. The van der Waals surface area contributed by atoms with Crippen LogP contribution in [0.5, 0.6) is 58.0 Å². The lowest BCUT2D eigenvalue weighted by molar-refractivity contribution is 0.230. The molecule has 0 aliphatic rings. The number of nitrogens with two attached hydrogens (primary N) is 2. The number of aromatic nitrogens is 8. The Morgan fingerprint density at radius 2 is 0.675 bits per heavy atom. The number of methoxy groups -OCH3 is 8. The SMILES string of the molecule is COc1cc(C)c(-c2cnc(N)c(OC)n2)cc1F.COc1cc(C)c(-c2cnc(N)c(OC)n2)cc1OC(C)C.COc1cncc(-c2cc(F)c(OC)cc2C)n1.COc1cncc(-c2cc(OC(C)C)c(OC)cc2C)n1. The number of nitrogen functional groups attached to an aromatic ring is 2. The molecule has 0 fully saturated rings. The summed E-state index contributed by atoms with van der Waals surface area (Å²) >= 11 is 0. The van der Waals surface area contributed by atoms with E-state index < -0.39 is 11.6 Å². The summed E-state index contributed by atoms with van der Waals surface area (Å²) < 4.78 is 79.9. The summed E-state index contributed by atoms with van der Waals surface area (Å²) in [6.45, 7) is 15.5. The molecule has 0 saturated heterocycles. The van der Waals surface area contributed by atoms with E-state index in [1.54, 1.807) is 58.2 Å². The average molecular weight is 1100 g/mol. The number of hydrogen-bond acceptors (Lipinski definition) is 20. The first kappa shape index (κ1) is 61.5. The molecule has 4 aromatic carbocycles. The molecule has 80 heavy (non-hydrogen) atoms. The zero-order chi connectivity index (χ0) is 58.8. The summed E-state index contributed by atoms with van der Waals surface area (Å²) in [6.07, 6.45) is 9.54. The molecule has 4 aromatic heterocycles. The summed E-state index contributed by atoms with van der Waals surface area (Å²) in [5, 5.41) is 0. The standard InChI is InChI=1S/C16H21N3O3.C16H20N2O3.C13H14FN3O2.C13H13FN2O2/c1-9(2)22-14-7-11(10(3)6-13(14)20-4)12-8-18-15(17)16(19-12)21-5;1-10(2)21-15-7-12(11(3)6-14(15)19-4)13-8-17-9-16(18-13)20-5;1-7-4-11(18-2)9(14)5-8(7)10-6-16-12(15)13(17-10)19-3;1-8-4-12(17-2)10(14)5-9(8)11-6-15-7-13(16-11)18-3/h6-9H,1-5H3,(H2,17,18);6-10H,1-5H3;4-6H,1-3H3,(H2,15,16);4-7H,1-3H3. The molecule has 0 aliphatic carbocycles. The third-order valence-electron chi connectivity index (χ3n) is 11.4. The van der Waals surface area contributed by atoms with Gasteiger partial charge in [0.1, 0.15) is 0 Å². The van der Waals surface area contributed by atoms with Crippen molar-refractivity contribution in [3.8, 4) is 103 Å². The maximum Gasteiger partial charge on any atom is 0.257 e. The molecular formula is C58H68F2N10O10. The Hall–Kier alpha value is -9.34. The Morgan fingerprint density at radius 3 is 0.975 bits per heavy atom. The summed E-state index contributed by atoms with van der Waals surface area (Å²) in [5.41, 5.74) is 20.6. The molecule has 0 amide bonds. The highest BCUT2D eigenvalue weighted by molar-refractivity contribution is 5.70. The van der Waals surface area contributed by atoms with Crippen molar-refractivity contribution in [1.82, 2.24) is 39.9 Å². The maximum atomic E-state index is 13.7. The van der Waals surface area contributed by atoms with Crippen LogP contribution in [0.25, 0.3) is 45.0 Å². The van der Waals surface area contributed by atoms with Crippen molar-refractivity contribution < 1.29 is 56.1 Å². The molecule has 0 bridgehead atoms. The first-order chi connectivity index (χ1) is 38.2. The Morgan fingerprint density at radius 1 is 0.362 bits per heavy atom. The van der Waals surface area contributed by atoms with E-state index in [9.17, 15) is 8.78 Å². The predicted octanol–water partition coefficient (Wildman–Crippen LogP) is 10.9. The Kier molecular flexibility index (Phi) is 22.2. The second-order valence-electron chi connectivity index (χ2n) is 17.8. The van der Waals surface area contributed by atoms with Crippen molar-refractivity contribution in [3.63, 3.8) is 0 Å². The van der Waals surface area contributed by atoms with Gasteiger partial charge >= 0.3 is 0 Å². The highest BCUT2D eigenvalue weighted by atomic mass is 19.1. The quantitative estimate of drug-likeness (QED) is 0.0912. The lowest BCUT2D eigenvalue weighted by Gasteiger charge is -2.16. The van der Waals surface area contributed by atoms with Crippen LogP contribution in [0.1, 0.15) is 49.9 Å². The average Bonchev–Trinajstić information content (AvgIpc) is 3.50. The van der Waals surface area contributed by atoms with Gasteiger partial charge in [-0.2, -0.15) is 0 Å². The molecule has 4 heterocycles. The fraction of sp³-hybridized carbons (Fsp3) is 0.310. The van der Waals surface area contributed by atoms with Crippen molar-refractivity contribution in [1.29, 1.82) is 0 Å². The van der Waals surface area contributed by atoms with Gasteiger partial charge < -0.3 is 58.8 Å². The topological polar surface area (TPSA) is 247 Å². The monoisotopic (exact) mass is 1100 g/mol. The van der Waals surface area contributed by atoms with Crippen LogP contribution in [0.2, 0.25) is 0 Å². The fourth-order valence-electron chi connectivity index (χ4n) is 7.54. The smallest absolute Gasteiger partial charge is 0.257 e. The number of benzene rings is 4. The molecule has 4 N–H and O–H groups in total. The normalized spacial score (nSPS) is 10.4. The molecule has 0 unspecified atom stereocenters. The van der Waals surface area contributed by atoms with Crippen molar-refractivity contribution in [3.05, 3.63) is 120 Å². The van der Waals surface area contributed by atoms with Gasteiger partial charge in [0, 0.05) is 22.3 Å². The van der Waals surface area contributed by atoms with Crippen LogP contribution in [-0.2, 0) is 0 Å². The van der Waals surface area contributed by atoms with Gasteiger partial charge in [0.15, 0.2) is 57.8 Å². The zero-order valence-electron chi connectivity index (χ0n) is 47.8. The maximum absolute atomic E-state index is 13.7. The molecule has 8 aromatic rings. The minimum Gasteiger partial charge on any atom is -0.494 e.